The van der Waals surface area contributed by atoms with Crippen LogP contribution in [0.1, 0.15) is 37.2 Å². The Morgan fingerprint density at radius 3 is 2.60 bits per heavy atom. The zero-order valence-corrected chi connectivity index (χ0v) is 13.0. The molecule has 0 bridgehead atoms. The van der Waals surface area contributed by atoms with E-state index in [1.807, 2.05) is 19.1 Å². The van der Waals surface area contributed by atoms with Crippen LogP contribution in [0, 0.1) is 6.92 Å². The standard InChI is InChI=1S/C16H20ClN3/c1-4-8-14-19-15(17)11(3)16(20-14)18-13-10-7-6-9-12(13)5-2/h6-7,9-10H,4-5,8H2,1-3H3,(H,18,19,20). The summed E-state index contributed by atoms with van der Waals surface area (Å²) in [5.74, 6) is 1.59. The van der Waals surface area contributed by atoms with E-state index in [-0.39, 0.29) is 0 Å². The number of anilines is 2. The molecule has 1 aromatic heterocycles. The van der Waals surface area contributed by atoms with Gasteiger partial charge in [0.2, 0.25) is 0 Å². The second-order valence-electron chi connectivity index (χ2n) is 4.79. The van der Waals surface area contributed by atoms with Crippen molar-refractivity contribution < 1.29 is 0 Å². The molecular weight excluding hydrogens is 270 g/mol. The molecule has 106 valence electrons. The van der Waals surface area contributed by atoms with E-state index >= 15 is 0 Å². The highest BCUT2D eigenvalue weighted by atomic mass is 35.5. The third kappa shape index (κ3) is 3.28. The molecule has 20 heavy (non-hydrogen) atoms. The van der Waals surface area contributed by atoms with Gasteiger partial charge < -0.3 is 5.32 Å². The molecule has 2 aromatic rings. The molecule has 0 saturated heterocycles. The Kier molecular flexibility index (Phi) is 4.96. The Hall–Kier alpha value is -1.61. The van der Waals surface area contributed by atoms with Crippen molar-refractivity contribution in [3.05, 3.63) is 46.4 Å². The largest absolute Gasteiger partial charge is 0.340 e. The Labute approximate surface area is 125 Å². The number of hydrogen-bond donors (Lipinski definition) is 1. The highest BCUT2D eigenvalue weighted by Gasteiger charge is 2.10. The summed E-state index contributed by atoms with van der Waals surface area (Å²) in [6.07, 6.45) is 2.82. The van der Waals surface area contributed by atoms with Crippen LogP contribution >= 0.6 is 11.6 Å². The highest BCUT2D eigenvalue weighted by Crippen LogP contribution is 2.26. The van der Waals surface area contributed by atoms with Crippen molar-refractivity contribution in [3.8, 4) is 0 Å². The number of hydrogen-bond acceptors (Lipinski definition) is 3. The van der Waals surface area contributed by atoms with Gasteiger partial charge in [0.15, 0.2) is 0 Å². The van der Waals surface area contributed by atoms with E-state index in [2.05, 4.69) is 41.3 Å². The van der Waals surface area contributed by atoms with Crippen molar-refractivity contribution in [2.45, 2.75) is 40.0 Å². The van der Waals surface area contributed by atoms with Gasteiger partial charge in [-0.3, -0.25) is 0 Å². The van der Waals surface area contributed by atoms with E-state index in [0.29, 0.717) is 5.15 Å². The second-order valence-corrected chi connectivity index (χ2v) is 5.15. The number of aryl methyl sites for hydroxylation is 2. The molecule has 3 nitrogen and oxygen atoms in total. The number of para-hydroxylation sites is 1. The van der Waals surface area contributed by atoms with Gasteiger partial charge in [0.1, 0.15) is 16.8 Å². The molecule has 0 radical (unpaired) electrons. The average molecular weight is 290 g/mol. The highest BCUT2D eigenvalue weighted by molar-refractivity contribution is 6.30. The first-order valence-electron chi connectivity index (χ1n) is 7.03. The summed E-state index contributed by atoms with van der Waals surface area (Å²) in [5.41, 5.74) is 3.23. The first-order chi connectivity index (χ1) is 9.65. The third-order valence-corrected chi connectivity index (χ3v) is 3.63. The van der Waals surface area contributed by atoms with Crippen LogP contribution in [0.4, 0.5) is 11.5 Å². The van der Waals surface area contributed by atoms with E-state index in [1.165, 1.54) is 5.56 Å². The zero-order chi connectivity index (χ0) is 14.5. The Balaban J connectivity index is 2.37. The van der Waals surface area contributed by atoms with Gasteiger partial charge in [-0.25, -0.2) is 9.97 Å². The molecule has 0 aliphatic carbocycles. The van der Waals surface area contributed by atoms with E-state index in [0.717, 1.165) is 42.2 Å². The molecular formula is C16H20ClN3. The Bertz CT molecular complexity index is 596. The van der Waals surface area contributed by atoms with E-state index in [1.54, 1.807) is 0 Å². The number of nitrogens with one attached hydrogen (secondary N) is 1. The van der Waals surface area contributed by atoms with Crippen molar-refractivity contribution >= 4 is 23.1 Å². The van der Waals surface area contributed by atoms with Crippen LogP contribution in [0.5, 0.6) is 0 Å². The first kappa shape index (κ1) is 14.8. The molecule has 0 aliphatic rings. The summed E-state index contributed by atoms with van der Waals surface area (Å²) < 4.78 is 0. The molecule has 0 amide bonds. The normalized spacial score (nSPS) is 10.6. The van der Waals surface area contributed by atoms with Gasteiger partial charge >= 0.3 is 0 Å². The number of halogens is 1. The lowest BCUT2D eigenvalue weighted by Gasteiger charge is -2.13. The van der Waals surface area contributed by atoms with Gasteiger partial charge in [0, 0.05) is 17.7 Å². The van der Waals surface area contributed by atoms with Gasteiger partial charge in [0.05, 0.1) is 0 Å². The summed E-state index contributed by atoms with van der Waals surface area (Å²) in [6, 6.07) is 8.25. The van der Waals surface area contributed by atoms with Gasteiger partial charge in [-0.05, 0) is 31.4 Å². The van der Waals surface area contributed by atoms with Gasteiger partial charge in [0.25, 0.3) is 0 Å². The third-order valence-electron chi connectivity index (χ3n) is 3.26. The number of rotatable bonds is 5. The number of benzene rings is 1. The van der Waals surface area contributed by atoms with Gasteiger partial charge in [-0.2, -0.15) is 0 Å². The van der Waals surface area contributed by atoms with Crippen LogP contribution in [-0.4, -0.2) is 9.97 Å². The van der Waals surface area contributed by atoms with Crippen molar-refractivity contribution in [2.75, 3.05) is 5.32 Å². The molecule has 2 rings (SSSR count). The Morgan fingerprint density at radius 2 is 1.90 bits per heavy atom. The monoisotopic (exact) mass is 289 g/mol. The minimum Gasteiger partial charge on any atom is -0.340 e. The Morgan fingerprint density at radius 1 is 1.15 bits per heavy atom. The number of aromatic nitrogens is 2. The summed E-state index contributed by atoms with van der Waals surface area (Å²) in [4.78, 5) is 8.91. The van der Waals surface area contributed by atoms with Gasteiger partial charge in [-0.1, -0.05) is 43.6 Å². The summed E-state index contributed by atoms with van der Waals surface area (Å²) in [5, 5.41) is 3.92. The van der Waals surface area contributed by atoms with Crippen LogP contribution in [0.25, 0.3) is 0 Å². The molecule has 0 spiro atoms. The SMILES string of the molecule is CCCc1nc(Cl)c(C)c(Nc2ccccc2CC)n1. The van der Waals surface area contributed by atoms with Crippen molar-refractivity contribution in [3.63, 3.8) is 0 Å². The van der Waals surface area contributed by atoms with Crippen LogP contribution < -0.4 is 5.32 Å². The quantitative estimate of drug-likeness (QED) is 0.811. The lowest BCUT2D eigenvalue weighted by atomic mass is 10.1. The molecule has 1 aromatic carbocycles. The lowest BCUT2D eigenvalue weighted by molar-refractivity contribution is 0.833. The summed E-state index contributed by atoms with van der Waals surface area (Å²) >= 11 is 6.20. The fourth-order valence-corrected chi connectivity index (χ4v) is 2.26. The van der Waals surface area contributed by atoms with Crippen LogP contribution in [-0.2, 0) is 12.8 Å². The smallest absolute Gasteiger partial charge is 0.138 e. The second kappa shape index (κ2) is 6.71. The maximum absolute atomic E-state index is 6.20. The topological polar surface area (TPSA) is 37.8 Å². The predicted octanol–water partition coefficient (Wildman–Crippen LogP) is 4.70. The minimum absolute atomic E-state index is 0.528. The molecule has 0 unspecified atom stereocenters. The fourth-order valence-electron chi connectivity index (χ4n) is 2.07. The van der Waals surface area contributed by atoms with Crippen LogP contribution in [0.2, 0.25) is 5.15 Å². The summed E-state index contributed by atoms with van der Waals surface area (Å²) in [7, 11) is 0. The molecule has 4 heteroatoms. The maximum Gasteiger partial charge on any atom is 0.138 e. The molecule has 0 saturated carbocycles. The van der Waals surface area contributed by atoms with Crippen molar-refractivity contribution in [1.29, 1.82) is 0 Å². The zero-order valence-electron chi connectivity index (χ0n) is 12.2. The predicted molar refractivity (Wildman–Crippen MR) is 84.9 cm³/mol. The minimum atomic E-state index is 0.528. The van der Waals surface area contributed by atoms with Crippen molar-refractivity contribution in [2.24, 2.45) is 0 Å². The maximum atomic E-state index is 6.20. The number of nitrogens with zero attached hydrogens (tertiary/aromatic N) is 2. The van der Waals surface area contributed by atoms with Crippen LogP contribution in [0.15, 0.2) is 24.3 Å². The van der Waals surface area contributed by atoms with E-state index < -0.39 is 0 Å². The van der Waals surface area contributed by atoms with E-state index in [9.17, 15) is 0 Å². The molecule has 0 fully saturated rings. The fraction of sp³-hybridized carbons (Fsp3) is 0.375. The van der Waals surface area contributed by atoms with E-state index in [4.69, 9.17) is 11.6 Å². The molecule has 0 atom stereocenters. The van der Waals surface area contributed by atoms with Crippen LogP contribution in [0.3, 0.4) is 0 Å². The summed E-state index contributed by atoms with van der Waals surface area (Å²) in [6.45, 7) is 6.19. The molecule has 1 heterocycles. The average Bonchev–Trinajstić information content (AvgIpc) is 2.45. The first-order valence-corrected chi connectivity index (χ1v) is 7.41. The lowest BCUT2D eigenvalue weighted by Crippen LogP contribution is -2.05. The van der Waals surface area contributed by atoms with Crippen molar-refractivity contribution in [1.82, 2.24) is 9.97 Å². The molecule has 1 N–H and O–H groups in total. The van der Waals surface area contributed by atoms with Gasteiger partial charge in [-0.15, -0.1) is 0 Å². The molecule has 0 aliphatic heterocycles.